The zero-order valence-electron chi connectivity index (χ0n) is 20.4. The molecule has 0 aliphatic heterocycles. The quantitative estimate of drug-likeness (QED) is 0.226. The lowest BCUT2D eigenvalue weighted by molar-refractivity contribution is -0.138. The van der Waals surface area contributed by atoms with E-state index in [0.29, 0.717) is 27.1 Å². The zero-order chi connectivity index (χ0) is 27.8. The monoisotopic (exact) mass is 543 g/mol. The Morgan fingerprint density at radius 2 is 1.71 bits per heavy atom. The fourth-order valence-corrected chi connectivity index (χ4v) is 3.90. The molecular weight excluding hydrogens is 518 g/mol. The molecule has 12 heteroatoms. The van der Waals surface area contributed by atoms with E-state index in [4.69, 9.17) is 21.1 Å². The molecule has 0 saturated heterocycles. The summed E-state index contributed by atoms with van der Waals surface area (Å²) in [5.74, 6) is -3.15. The molecule has 0 radical (unpaired) electrons. The third-order valence-electron chi connectivity index (χ3n) is 5.74. The van der Waals surface area contributed by atoms with Crippen LogP contribution in [0.5, 0.6) is 5.75 Å². The predicted octanol–water partition coefficient (Wildman–Crippen LogP) is 1.44. The van der Waals surface area contributed by atoms with Gasteiger partial charge in [-0.05, 0) is 48.7 Å². The van der Waals surface area contributed by atoms with Gasteiger partial charge >= 0.3 is 11.6 Å². The number of carboxylic acids is 1. The molecule has 38 heavy (non-hydrogen) atoms. The van der Waals surface area contributed by atoms with Gasteiger partial charge in [0.1, 0.15) is 23.9 Å². The number of aryl methyl sites for hydroxylation is 1. The van der Waals surface area contributed by atoms with Gasteiger partial charge in [-0.1, -0.05) is 23.7 Å². The topological polar surface area (TPSA) is 175 Å². The number of halogens is 1. The third kappa shape index (κ3) is 7.81. The molecule has 0 aliphatic carbocycles. The van der Waals surface area contributed by atoms with E-state index in [9.17, 15) is 29.1 Å². The Morgan fingerprint density at radius 1 is 1.00 bits per heavy atom. The van der Waals surface area contributed by atoms with E-state index >= 15 is 0 Å². The van der Waals surface area contributed by atoms with E-state index in [2.05, 4.69) is 16.0 Å². The number of hydrogen-bond acceptors (Lipinski definition) is 7. The Hall–Kier alpha value is -4.38. The molecule has 0 spiro atoms. The van der Waals surface area contributed by atoms with E-state index in [1.165, 1.54) is 12.1 Å². The lowest BCUT2D eigenvalue weighted by atomic mass is 10.0. The summed E-state index contributed by atoms with van der Waals surface area (Å²) in [6.07, 6.45) is 0.00843. The predicted molar refractivity (Wildman–Crippen MR) is 138 cm³/mol. The van der Waals surface area contributed by atoms with Crippen molar-refractivity contribution in [3.63, 3.8) is 0 Å². The molecule has 5 N–H and O–H groups in total. The number of carbonyl (C=O) groups excluding carboxylic acids is 3. The Kier molecular flexibility index (Phi) is 9.44. The molecule has 1 aromatic heterocycles. The Labute approximate surface area is 221 Å². The summed E-state index contributed by atoms with van der Waals surface area (Å²) in [6.45, 7) is 0.644. The fourth-order valence-electron chi connectivity index (χ4n) is 3.77. The van der Waals surface area contributed by atoms with Gasteiger partial charge < -0.3 is 30.6 Å². The van der Waals surface area contributed by atoms with Crippen molar-refractivity contribution in [2.24, 2.45) is 0 Å². The number of carboxylic acid groups (broad SMARTS) is 1. The van der Waals surface area contributed by atoms with Gasteiger partial charge in [-0.2, -0.15) is 0 Å². The second-order valence-corrected chi connectivity index (χ2v) is 8.95. The number of nitrogens with one attached hydrogen (secondary N) is 3. The molecule has 0 bridgehead atoms. The second-order valence-electron chi connectivity index (χ2n) is 8.51. The first kappa shape index (κ1) is 28.2. The minimum Gasteiger partial charge on any atom is -0.508 e. The average Bonchev–Trinajstić information content (AvgIpc) is 2.86. The number of hydrogen-bond donors (Lipinski definition) is 5. The van der Waals surface area contributed by atoms with Crippen molar-refractivity contribution >= 4 is 46.3 Å². The van der Waals surface area contributed by atoms with E-state index in [-0.39, 0.29) is 30.6 Å². The molecule has 0 saturated carbocycles. The maximum atomic E-state index is 12.8. The van der Waals surface area contributed by atoms with Crippen LogP contribution in [-0.4, -0.2) is 53.0 Å². The van der Waals surface area contributed by atoms with Crippen molar-refractivity contribution < 1.29 is 33.8 Å². The van der Waals surface area contributed by atoms with E-state index < -0.39 is 48.4 Å². The molecule has 0 fully saturated rings. The maximum Gasteiger partial charge on any atom is 0.339 e. The number of amides is 3. The largest absolute Gasteiger partial charge is 0.508 e. The first-order chi connectivity index (χ1) is 18.0. The number of carbonyl (C=O) groups is 4. The van der Waals surface area contributed by atoms with Crippen LogP contribution in [0.4, 0.5) is 0 Å². The van der Waals surface area contributed by atoms with Crippen LogP contribution in [0.3, 0.4) is 0 Å². The molecule has 3 aromatic rings. The number of phenols is 1. The highest BCUT2D eigenvalue weighted by Crippen LogP contribution is 2.23. The van der Waals surface area contributed by atoms with Gasteiger partial charge in [0.2, 0.25) is 17.7 Å². The van der Waals surface area contributed by atoms with Crippen molar-refractivity contribution in [2.45, 2.75) is 32.2 Å². The molecule has 0 aliphatic rings. The molecular formula is C26H26ClN3O8. The van der Waals surface area contributed by atoms with Crippen LogP contribution < -0.4 is 21.6 Å². The van der Waals surface area contributed by atoms with Crippen molar-refractivity contribution in [3.05, 3.63) is 74.6 Å². The van der Waals surface area contributed by atoms with Crippen LogP contribution in [0, 0.1) is 6.92 Å². The summed E-state index contributed by atoms with van der Waals surface area (Å²) in [5.41, 5.74) is 1.21. The normalized spacial score (nSPS) is 11.5. The minimum atomic E-state index is -1.23. The Balaban J connectivity index is 1.69. The molecule has 1 atom stereocenters. The van der Waals surface area contributed by atoms with Crippen molar-refractivity contribution in [1.82, 2.24) is 16.0 Å². The van der Waals surface area contributed by atoms with Crippen LogP contribution in [0.25, 0.3) is 11.0 Å². The first-order valence-electron chi connectivity index (χ1n) is 11.6. The second kappa shape index (κ2) is 12.7. The lowest BCUT2D eigenvalue weighted by Gasteiger charge is -2.19. The molecule has 1 unspecified atom stereocenters. The van der Waals surface area contributed by atoms with Crippen molar-refractivity contribution in [3.8, 4) is 5.75 Å². The molecule has 3 rings (SSSR count). The van der Waals surface area contributed by atoms with Crippen LogP contribution in [-0.2, 0) is 32.0 Å². The molecule has 1 heterocycles. The molecule has 2 aromatic carbocycles. The Bertz CT molecular complexity index is 1420. The summed E-state index contributed by atoms with van der Waals surface area (Å²) >= 11 is 5.92. The van der Waals surface area contributed by atoms with Gasteiger partial charge in [0.15, 0.2) is 0 Å². The lowest BCUT2D eigenvalue weighted by Crippen LogP contribution is -2.50. The number of phenolic OH excluding ortho intramolecular Hbond substituents is 1. The number of fused-ring (bicyclic) bond motifs is 1. The molecule has 11 nitrogen and oxygen atoms in total. The average molecular weight is 544 g/mol. The summed E-state index contributed by atoms with van der Waals surface area (Å²) in [4.78, 5) is 60.5. The highest BCUT2D eigenvalue weighted by atomic mass is 35.5. The number of aliphatic carboxylic acids is 1. The Morgan fingerprint density at radius 3 is 2.39 bits per heavy atom. The van der Waals surface area contributed by atoms with E-state index in [0.717, 1.165) is 0 Å². The first-order valence-corrected chi connectivity index (χ1v) is 12.0. The van der Waals surface area contributed by atoms with Crippen LogP contribution in [0.15, 0.2) is 51.7 Å². The number of rotatable bonds is 11. The molecule has 3 amide bonds. The van der Waals surface area contributed by atoms with E-state index in [1.54, 1.807) is 37.3 Å². The van der Waals surface area contributed by atoms with Crippen LogP contribution >= 0.6 is 11.6 Å². The van der Waals surface area contributed by atoms with Gasteiger partial charge in [0.05, 0.1) is 6.54 Å². The summed E-state index contributed by atoms with van der Waals surface area (Å²) < 4.78 is 5.29. The minimum absolute atomic E-state index is 0.0449. The summed E-state index contributed by atoms with van der Waals surface area (Å²) in [7, 11) is 0. The summed E-state index contributed by atoms with van der Waals surface area (Å²) in [6, 6.07) is 10.0. The van der Waals surface area contributed by atoms with Crippen LogP contribution in [0.1, 0.15) is 23.1 Å². The fraction of sp³-hybridized carbons (Fsp3) is 0.269. The zero-order valence-corrected chi connectivity index (χ0v) is 21.1. The number of aromatic hydroxyl groups is 1. The molecule has 200 valence electrons. The highest BCUT2D eigenvalue weighted by molar-refractivity contribution is 6.30. The van der Waals surface area contributed by atoms with Gasteiger partial charge in [0, 0.05) is 34.9 Å². The highest BCUT2D eigenvalue weighted by Gasteiger charge is 2.23. The standard InChI is InChI=1S/C26H26ClN3O8/c1-14-18-7-6-17(31)11-21(18)38-26(37)19(14)8-9-22(32)30-20(10-15-2-4-16(27)5-3-15)25(36)29-12-23(33)28-13-24(34)35/h2-7,11,20,31H,8-10,12-13H2,1H3,(H,28,33)(H,29,36)(H,30,32)(H,34,35). The smallest absolute Gasteiger partial charge is 0.339 e. The van der Waals surface area contributed by atoms with E-state index in [1.807, 2.05) is 0 Å². The van der Waals surface area contributed by atoms with Gasteiger partial charge in [0.25, 0.3) is 0 Å². The van der Waals surface area contributed by atoms with Crippen molar-refractivity contribution in [1.29, 1.82) is 0 Å². The maximum absolute atomic E-state index is 12.8. The number of benzene rings is 2. The third-order valence-corrected chi connectivity index (χ3v) is 5.99. The van der Waals surface area contributed by atoms with Crippen molar-refractivity contribution in [2.75, 3.05) is 13.1 Å². The van der Waals surface area contributed by atoms with Gasteiger partial charge in [-0.3, -0.25) is 19.2 Å². The SMILES string of the molecule is Cc1c(CCC(=O)NC(Cc2ccc(Cl)cc2)C(=O)NCC(=O)NCC(=O)O)c(=O)oc2cc(O)ccc12. The van der Waals surface area contributed by atoms with Crippen LogP contribution in [0.2, 0.25) is 5.02 Å². The van der Waals surface area contributed by atoms with Gasteiger partial charge in [-0.25, -0.2) is 4.79 Å². The van der Waals surface area contributed by atoms with Gasteiger partial charge in [-0.15, -0.1) is 0 Å². The summed E-state index contributed by atoms with van der Waals surface area (Å²) in [5, 5.41) is 26.5.